The number of benzene rings is 1. The lowest BCUT2D eigenvalue weighted by Gasteiger charge is -2.08. The Morgan fingerprint density at radius 1 is 1.19 bits per heavy atom. The molecular weight excluding hydrogens is 294 g/mol. The number of urea groups is 1. The first-order chi connectivity index (χ1) is 9.90. The van der Waals surface area contributed by atoms with Crippen LogP contribution in [0.4, 0.5) is 16.2 Å². The minimum Gasteiger partial charge on any atom is -0.341 e. The number of imidazole rings is 1. The summed E-state index contributed by atoms with van der Waals surface area (Å²) in [6.07, 6.45) is 1.25. The zero-order valence-electron chi connectivity index (χ0n) is 11.5. The van der Waals surface area contributed by atoms with Gasteiger partial charge in [-0.15, -0.1) is 0 Å². The first kappa shape index (κ1) is 14.9. The maximum absolute atomic E-state index is 12.1. The van der Waals surface area contributed by atoms with E-state index < -0.39 is 10.0 Å². The van der Waals surface area contributed by atoms with Crippen LogP contribution in [0.5, 0.6) is 0 Å². The SMILES string of the molecule is CNC(=O)Nc1ccc(NS(=O)(=O)c2cnc(C)[nH]2)cc1. The maximum atomic E-state index is 12.1. The first-order valence-electron chi connectivity index (χ1n) is 6.04. The van der Waals surface area contributed by atoms with Gasteiger partial charge in [0.2, 0.25) is 0 Å². The molecule has 0 saturated heterocycles. The van der Waals surface area contributed by atoms with Crippen LogP contribution < -0.4 is 15.4 Å². The fraction of sp³-hybridized carbons (Fsp3) is 0.167. The molecule has 21 heavy (non-hydrogen) atoms. The quantitative estimate of drug-likeness (QED) is 0.680. The lowest BCUT2D eigenvalue weighted by Crippen LogP contribution is -2.24. The Labute approximate surface area is 122 Å². The second-order valence-electron chi connectivity index (χ2n) is 4.22. The summed E-state index contributed by atoms with van der Waals surface area (Å²) in [5.74, 6) is 0.514. The van der Waals surface area contributed by atoms with Crippen molar-refractivity contribution in [2.45, 2.75) is 11.9 Å². The van der Waals surface area contributed by atoms with E-state index in [1.54, 1.807) is 31.2 Å². The Morgan fingerprint density at radius 2 is 1.81 bits per heavy atom. The molecule has 8 nitrogen and oxygen atoms in total. The van der Waals surface area contributed by atoms with E-state index in [1.165, 1.54) is 13.2 Å². The zero-order valence-corrected chi connectivity index (χ0v) is 12.3. The van der Waals surface area contributed by atoms with E-state index >= 15 is 0 Å². The molecule has 4 N–H and O–H groups in total. The summed E-state index contributed by atoms with van der Waals surface area (Å²) in [5.41, 5.74) is 0.930. The Hall–Kier alpha value is -2.55. The highest BCUT2D eigenvalue weighted by atomic mass is 32.2. The van der Waals surface area contributed by atoms with Crippen molar-refractivity contribution in [3.8, 4) is 0 Å². The van der Waals surface area contributed by atoms with E-state index in [1.807, 2.05) is 0 Å². The predicted molar refractivity (Wildman–Crippen MR) is 78.7 cm³/mol. The molecule has 0 saturated carbocycles. The Balaban J connectivity index is 2.11. The lowest BCUT2D eigenvalue weighted by molar-refractivity contribution is 0.254. The lowest BCUT2D eigenvalue weighted by atomic mass is 10.3. The number of anilines is 2. The van der Waals surface area contributed by atoms with Gasteiger partial charge in [0.1, 0.15) is 5.82 Å². The van der Waals surface area contributed by atoms with Gasteiger partial charge in [0.15, 0.2) is 5.03 Å². The number of amides is 2. The van der Waals surface area contributed by atoms with Crippen LogP contribution in [0.2, 0.25) is 0 Å². The molecule has 0 atom stereocenters. The molecule has 1 aromatic carbocycles. The number of sulfonamides is 1. The van der Waals surface area contributed by atoms with E-state index in [4.69, 9.17) is 0 Å². The average Bonchev–Trinajstić information content (AvgIpc) is 2.88. The molecule has 0 bridgehead atoms. The molecule has 112 valence electrons. The van der Waals surface area contributed by atoms with Gasteiger partial charge >= 0.3 is 6.03 Å². The van der Waals surface area contributed by atoms with Crippen molar-refractivity contribution in [1.29, 1.82) is 0 Å². The van der Waals surface area contributed by atoms with Gasteiger partial charge < -0.3 is 15.6 Å². The smallest absolute Gasteiger partial charge is 0.318 e. The van der Waals surface area contributed by atoms with Crippen LogP contribution in [0.25, 0.3) is 0 Å². The first-order valence-corrected chi connectivity index (χ1v) is 7.52. The van der Waals surface area contributed by atoms with Gasteiger partial charge in [-0.2, -0.15) is 8.42 Å². The molecular formula is C12H15N5O3S. The minimum atomic E-state index is -3.70. The summed E-state index contributed by atoms with van der Waals surface area (Å²) in [6, 6.07) is 5.92. The molecule has 2 aromatic rings. The maximum Gasteiger partial charge on any atom is 0.318 e. The molecule has 0 fully saturated rings. The van der Waals surface area contributed by atoms with Gasteiger partial charge in [-0.25, -0.2) is 9.78 Å². The minimum absolute atomic E-state index is 0.00689. The molecule has 2 amide bonds. The highest BCUT2D eigenvalue weighted by molar-refractivity contribution is 7.92. The number of aromatic amines is 1. The number of nitrogens with zero attached hydrogens (tertiary/aromatic N) is 1. The van der Waals surface area contributed by atoms with Crippen LogP contribution in [0.3, 0.4) is 0 Å². The van der Waals surface area contributed by atoms with Gasteiger partial charge in [-0.3, -0.25) is 4.72 Å². The Bertz CT molecular complexity index is 737. The standard InChI is InChI=1S/C12H15N5O3S/c1-8-14-7-11(15-8)21(19,20)17-10-5-3-9(4-6-10)16-12(18)13-2/h3-7,17H,1-2H3,(H,14,15)(H2,13,16,18). The summed E-state index contributed by atoms with van der Waals surface area (Å²) in [7, 11) is -2.20. The van der Waals surface area contributed by atoms with Gasteiger partial charge in [0.05, 0.1) is 6.20 Å². The Morgan fingerprint density at radius 3 is 2.33 bits per heavy atom. The second kappa shape index (κ2) is 5.83. The molecule has 0 spiro atoms. The Kier molecular flexibility index (Phi) is 4.13. The van der Waals surface area contributed by atoms with Crippen molar-refractivity contribution in [3.05, 3.63) is 36.3 Å². The van der Waals surface area contributed by atoms with Crippen molar-refractivity contribution in [2.75, 3.05) is 17.1 Å². The van der Waals surface area contributed by atoms with Crippen molar-refractivity contribution >= 4 is 27.4 Å². The fourth-order valence-corrected chi connectivity index (χ4v) is 2.59. The van der Waals surface area contributed by atoms with Crippen molar-refractivity contribution in [1.82, 2.24) is 15.3 Å². The summed E-state index contributed by atoms with van der Waals surface area (Å²) < 4.78 is 26.5. The summed E-state index contributed by atoms with van der Waals surface area (Å²) >= 11 is 0. The van der Waals surface area contributed by atoms with Crippen LogP contribution in [0.1, 0.15) is 5.82 Å². The number of H-pyrrole nitrogens is 1. The highest BCUT2D eigenvalue weighted by Gasteiger charge is 2.16. The number of rotatable bonds is 4. The molecule has 0 aliphatic carbocycles. The number of hydrogen-bond acceptors (Lipinski definition) is 4. The third kappa shape index (κ3) is 3.72. The summed E-state index contributed by atoms with van der Waals surface area (Å²) in [6.45, 7) is 1.66. The average molecular weight is 309 g/mol. The van der Waals surface area contributed by atoms with Crippen molar-refractivity contribution < 1.29 is 13.2 Å². The van der Waals surface area contributed by atoms with Gasteiger partial charge in [0.25, 0.3) is 10.0 Å². The van der Waals surface area contributed by atoms with E-state index in [0.29, 0.717) is 17.2 Å². The molecule has 0 aliphatic rings. The number of aryl methyl sites for hydroxylation is 1. The van der Waals surface area contributed by atoms with Gasteiger partial charge in [-0.05, 0) is 31.2 Å². The molecule has 0 unspecified atom stereocenters. The normalized spacial score (nSPS) is 11.0. The largest absolute Gasteiger partial charge is 0.341 e. The third-order valence-electron chi connectivity index (χ3n) is 2.59. The van der Waals surface area contributed by atoms with Crippen molar-refractivity contribution in [2.24, 2.45) is 0 Å². The topological polar surface area (TPSA) is 116 Å². The third-order valence-corrected chi connectivity index (χ3v) is 3.88. The summed E-state index contributed by atoms with van der Waals surface area (Å²) in [5, 5.41) is 4.98. The van der Waals surface area contributed by atoms with Gasteiger partial charge in [0, 0.05) is 18.4 Å². The van der Waals surface area contributed by atoms with E-state index in [0.717, 1.165) is 0 Å². The molecule has 0 radical (unpaired) electrons. The highest BCUT2D eigenvalue weighted by Crippen LogP contribution is 2.17. The number of nitrogens with one attached hydrogen (secondary N) is 4. The number of carbonyl (C=O) groups is 1. The van der Waals surface area contributed by atoms with Crippen LogP contribution in [-0.2, 0) is 10.0 Å². The molecule has 1 aromatic heterocycles. The number of hydrogen-bond donors (Lipinski definition) is 4. The molecule has 2 rings (SSSR count). The number of aromatic nitrogens is 2. The van der Waals surface area contributed by atoms with E-state index in [2.05, 4.69) is 25.3 Å². The van der Waals surface area contributed by atoms with Crippen LogP contribution >= 0.6 is 0 Å². The second-order valence-corrected chi connectivity index (χ2v) is 5.87. The molecule has 1 heterocycles. The summed E-state index contributed by atoms with van der Waals surface area (Å²) in [4.78, 5) is 17.6. The van der Waals surface area contributed by atoms with Crippen molar-refractivity contribution in [3.63, 3.8) is 0 Å². The monoisotopic (exact) mass is 309 g/mol. The van der Waals surface area contributed by atoms with Crippen LogP contribution in [-0.4, -0.2) is 31.5 Å². The molecule has 0 aliphatic heterocycles. The predicted octanol–water partition coefficient (Wildman–Crippen LogP) is 1.27. The van der Waals surface area contributed by atoms with E-state index in [-0.39, 0.29) is 11.1 Å². The van der Waals surface area contributed by atoms with Crippen LogP contribution in [0.15, 0.2) is 35.5 Å². The van der Waals surface area contributed by atoms with Gasteiger partial charge in [-0.1, -0.05) is 0 Å². The number of carbonyl (C=O) groups excluding carboxylic acids is 1. The fourth-order valence-electron chi connectivity index (χ4n) is 1.56. The zero-order chi connectivity index (χ0) is 15.5. The molecule has 9 heteroatoms. The van der Waals surface area contributed by atoms with E-state index in [9.17, 15) is 13.2 Å². The van der Waals surface area contributed by atoms with Crippen LogP contribution in [0, 0.1) is 6.92 Å².